The van der Waals surface area contributed by atoms with Gasteiger partial charge in [-0.25, -0.2) is 4.39 Å². The molecule has 0 saturated carbocycles. The average molecular weight is 324 g/mol. The van der Waals surface area contributed by atoms with Crippen LogP contribution in [0.1, 0.15) is 5.56 Å². The molecule has 0 aliphatic heterocycles. The Labute approximate surface area is 120 Å². The van der Waals surface area contributed by atoms with Crippen LogP contribution in [0.5, 0.6) is 5.75 Å². The lowest BCUT2D eigenvalue weighted by Crippen LogP contribution is -2.11. The van der Waals surface area contributed by atoms with Crippen molar-refractivity contribution in [2.45, 2.75) is 6.92 Å². The van der Waals surface area contributed by atoms with Crippen LogP contribution in [-0.4, -0.2) is 13.2 Å². The molecule has 2 rings (SSSR count). The third kappa shape index (κ3) is 4.24. The topological polar surface area (TPSA) is 21.3 Å². The molecular formula is C15H15BrFNO. The summed E-state index contributed by atoms with van der Waals surface area (Å²) in [5, 5.41) is 3.25. The van der Waals surface area contributed by atoms with E-state index >= 15 is 0 Å². The summed E-state index contributed by atoms with van der Waals surface area (Å²) in [4.78, 5) is 0. The zero-order valence-electron chi connectivity index (χ0n) is 10.6. The number of ether oxygens (including phenoxy) is 1. The molecular weight excluding hydrogens is 309 g/mol. The van der Waals surface area contributed by atoms with Crippen molar-refractivity contribution >= 4 is 21.6 Å². The Morgan fingerprint density at radius 3 is 2.58 bits per heavy atom. The van der Waals surface area contributed by atoms with E-state index in [1.807, 2.05) is 24.3 Å². The molecule has 19 heavy (non-hydrogen) atoms. The molecule has 0 aliphatic carbocycles. The van der Waals surface area contributed by atoms with E-state index in [9.17, 15) is 4.39 Å². The molecule has 1 N–H and O–H groups in total. The zero-order valence-corrected chi connectivity index (χ0v) is 12.2. The molecule has 0 radical (unpaired) electrons. The van der Waals surface area contributed by atoms with Crippen molar-refractivity contribution in [3.8, 4) is 5.75 Å². The second-order valence-electron chi connectivity index (χ2n) is 4.19. The second-order valence-corrected chi connectivity index (χ2v) is 5.11. The van der Waals surface area contributed by atoms with Crippen LogP contribution in [0.15, 0.2) is 46.9 Å². The lowest BCUT2D eigenvalue weighted by Gasteiger charge is -2.09. The van der Waals surface area contributed by atoms with E-state index in [0.717, 1.165) is 10.2 Å². The van der Waals surface area contributed by atoms with Gasteiger partial charge in [-0.2, -0.15) is 0 Å². The van der Waals surface area contributed by atoms with Crippen LogP contribution in [0.3, 0.4) is 0 Å². The lowest BCUT2D eigenvalue weighted by atomic mass is 10.2. The summed E-state index contributed by atoms with van der Waals surface area (Å²) >= 11 is 3.39. The summed E-state index contributed by atoms with van der Waals surface area (Å²) in [6, 6.07) is 12.7. The van der Waals surface area contributed by atoms with Gasteiger partial charge < -0.3 is 10.1 Å². The van der Waals surface area contributed by atoms with Gasteiger partial charge in [-0.05, 0) is 55.0 Å². The first kappa shape index (κ1) is 13.9. The monoisotopic (exact) mass is 323 g/mol. The summed E-state index contributed by atoms with van der Waals surface area (Å²) < 4.78 is 19.7. The second kappa shape index (κ2) is 6.57. The third-order valence-electron chi connectivity index (χ3n) is 2.67. The van der Waals surface area contributed by atoms with E-state index in [2.05, 4.69) is 21.2 Å². The Bertz CT molecular complexity index is 542. The molecule has 0 aromatic heterocycles. The van der Waals surface area contributed by atoms with Gasteiger partial charge in [-0.15, -0.1) is 0 Å². The van der Waals surface area contributed by atoms with Crippen molar-refractivity contribution in [2.75, 3.05) is 18.5 Å². The van der Waals surface area contributed by atoms with E-state index in [1.54, 1.807) is 19.1 Å². The summed E-state index contributed by atoms with van der Waals surface area (Å²) in [5.41, 5.74) is 1.64. The van der Waals surface area contributed by atoms with Crippen LogP contribution >= 0.6 is 15.9 Å². The SMILES string of the molecule is Cc1cc(OCCNc2ccc(Br)cc2)ccc1F. The zero-order chi connectivity index (χ0) is 13.7. The van der Waals surface area contributed by atoms with Crippen LogP contribution in [0.4, 0.5) is 10.1 Å². The number of aryl methyl sites for hydroxylation is 1. The minimum atomic E-state index is -0.208. The fraction of sp³-hybridized carbons (Fsp3) is 0.200. The maximum absolute atomic E-state index is 13.1. The molecule has 0 amide bonds. The van der Waals surface area contributed by atoms with Gasteiger partial charge in [0, 0.05) is 16.7 Å². The van der Waals surface area contributed by atoms with Gasteiger partial charge in [-0.3, -0.25) is 0 Å². The number of halogens is 2. The standard InChI is InChI=1S/C15H15BrFNO/c1-11-10-14(6-7-15(11)17)19-9-8-18-13-4-2-12(16)3-5-13/h2-7,10,18H,8-9H2,1H3. The maximum Gasteiger partial charge on any atom is 0.126 e. The minimum Gasteiger partial charge on any atom is -0.492 e. The predicted octanol–water partition coefficient (Wildman–Crippen LogP) is 4.39. The van der Waals surface area contributed by atoms with E-state index in [0.29, 0.717) is 24.5 Å². The van der Waals surface area contributed by atoms with Crippen LogP contribution in [0, 0.1) is 12.7 Å². The molecule has 0 bridgehead atoms. The molecule has 0 aliphatic rings. The molecule has 0 heterocycles. The number of anilines is 1. The van der Waals surface area contributed by atoms with Crippen molar-refractivity contribution in [3.05, 3.63) is 58.3 Å². The number of rotatable bonds is 5. The average Bonchev–Trinajstić information content (AvgIpc) is 2.41. The summed E-state index contributed by atoms with van der Waals surface area (Å²) in [6.45, 7) is 2.95. The van der Waals surface area contributed by atoms with Gasteiger partial charge in [0.2, 0.25) is 0 Å². The van der Waals surface area contributed by atoms with Crippen molar-refractivity contribution in [3.63, 3.8) is 0 Å². The van der Waals surface area contributed by atoms with Crippen molar-refractivity contribution in [1.29, 1.82) is 0 Å². The molecule has 2 aromatic rings. The Balaban J connectivity index is 1.77. The van der Waals surface area contributed by atoms with Gasteiger partial charge in [0.25, 0.3) is 0 Å². The van der Waals surface area contributed by atoms with Gasteiger partial charge in [-0.1, -0.05) is 15.9 Å². The number of nitrogens with one attached hydrogen (secondary N) is 1. The Morgan fingerprint density at radius 2 is 1.89 bits per heavy atom. The Kier molecular flexibility index (Phi) is 4.80. The molecule has 0 saturated heterocycles. The molecule has 2 nitrogen and oxygen atoms in total. The summed E-state index contributed by atoms with van der Waals surface area (Å²) in [5.74, 6) is 0.483. The molecule has 0 atom stereocenters. The maximum atomic E-state index is 13.1. The summed E-state index contributed by atoms with van der Waals surface area (Å²) in [7, 11) is 0. The summed E-state index contributed by atoms with van der Waals surface area (Å²) in [6.07, 6.45) is 0. The van der Waals surface area contributed by atoms with Crippen LogP contribution in [0.25, 0.3) is 0 Å². The third-order valence-corrected chi connectivity index (χ3v) is 3.20. The number of benzene rings is 2. The van der Waals surface area contributed by atoms with Gasteiger partial charge in [0.05, 0.1) is 0 Å². The molecule has 100 valence electrons. The van der Waals surface area contributed by atoms with E-state index in [1.165, 1.54) is 6.07 Å². The smallest absolute Gasteiger partial charge is 0.126 e. The van der Waals surface area contributed by atoms with Gasteiger partial charge in [0.15, 0.2) is 0 Å². The molecule has 0 unspecified atom stereocenters. The lowest BCUT2D eigenvalue weighted by molar-refractivity contribution is 0.332. The van der Waals surface area contributed by atoms with Gasteiger partial charge in [0.1, 0.15) is 18.2 Å². The molecule has 4 heteroatoms. The number of hydrogen-bond acceptors (Lipinski definition) is 2. The number of hydrogen-bond donors (Lipinski definition) is 1. The molecule has 0 spiro atoms. The van der Waals surface area contributed by atoms with Crippen LogP contribution in [-0.2, 0) is 0 Å². The first-order valence-corrected chi connectivity index (χ1v) is 6.83. The highest BCUT2D eigenvalue weighted by atomic mass is 79.9. The van der Waals surface area contributed by atoms with Crippen molar-refractivity contribution in [1.82, 2.24) is 0 Å². The van der Waals surface area contributed by atoms with E-state index < -0.39 is 0 Å². The molecule has 2 aromatic carbocycles. The van der Waals surface area contributed by atoms with Gasteiger partial charge >= 0.3 is 0 Å². The van der Waals surface area contributed by atoms with E-state index in [4.69, 9.17) is 4.74 Å². The first-order chi connectivity index (χ1) is 9.15. The normalized spacial score (nSPS) is 10.3. The van der Waals surface area contributed by atoms with E-state index in [-0.39, 0.29) is 5.82 Å². The fourth-order valence-corrected chi connectivity index (χ4v) is 1.90. The Morgan fingerprint density at radius 1 is 1.16 bits per heavy atom. The quantitative estimate of drug-likeness (QED) is 0.824. The highest BCUT2D eigenvalue weighted by molar-refractivity contribution is 9.10. The minimum absolute atomic E-state index is 0.208. The highest BCUT2D eigenvalue weighted by Crippen LogP contribution is 2.16. The van der Waals surface area contributed by atoms with Crippen molar-refractivity contribution in [2.24, 2.45) is 0 Å². The fourth-order valence-electron chi connectivity index (χ4n) is 1.64. The predicted molar refractivity (Wildman–Crippen MR) is 79.3 cm³/mol. The Hall–Kier alpha value is -1.55. The first-order valence-electron chi connectivity index (χ1n) is 6.03. The van der Waals surface area contributed by atoms with Crippen LogP contribution in [0.2, 0.25) is 0 Å². The van der Waals surface area contributed by atoms with Crippen LogP contribution < -0.4 is 10.1 Å². The van der Waals surface area contributed by atoms with Crippen molar-refractivity contribution < 1.29 is 9.13 Å². The highest BCUT2D eigenvalue weighted by Gasteiger charge is 1.99. The molecule has 0 fully saturated rings. The largest absolute Gasteiger partial charge is 0.492 e.